The van der Waals surface area contributed by atoms with Crippen LogP contribution >= 0.6 is 24.0 Å². The fourth-order valence-electron chi connectivity index (χ4n) is 2.58. The zero-order chi connectivity index (χ0) is 13.8. The Morgan fingerprint density at radius 2 is 2.25 bits per heavy atom. The molecule has 2 N–H and O–H groups in total. The van der Waals surface area contributed by atoms with Crippen molar-refractivity contribution in [2.24, 2.45) is 11.7 Å². The molecule has 20 heavy (non-hydrogen) atoms. The molecule has 0 aromatic heterocycles. The largest absolute Gasteiger partial charge is 0.338 e. The second kappa shape index (κ2) is 7.81. The van der Waals surface area contributed by atoms with Gasteiger partial charge in [-0.25, -0.2) is 4.39 Å². The van der Waals surface area contributed by atoms with Crippen LogP contribution in [0.2, 0.25) is 5.02 Å². The quantitative estimate of drug-likeness (QED) is 0.930. The van der Waals surface area contributed by atoms with Crippen molar-refractivity contribution in [3.63, 3.8) is 0 Å². The molecule has 1 heterocycles. The molecule has 2 rings (SSSR count). The van der Waals surface area contributed by atoms with Crippen molar-refractivity contribution in [3.05, 3.63) is 34.6 Å². The molecule has 1 amide bonds. The molecule has 112 valence electrons. The van der Waals surface area contributed by atoms with Crippen molar-refractivity contribution in [1.82, 2.24) is 4.90 Å². The molecular weight excluding hydrogens is 302 g/mol. The maximum atomic E-state index is 13.7. The molecule has 3 nitrogen and oxygen atoms in total. The number of rotatable bonds is 3. The van der Waals surface area contributed by atoms with Crippen molar-refractivity contribution in [2.75, 3.05) is 19.6 Å². The van der Waals surface area contributed by atoms with Gasteiger partial charge in [-0.1, -0.05) is 17.7 Å². The summed E-state index contributed by atoms with van der Waals surface area (Å²) < 4.78 is 13.7. The number of piperidine rings is 1. The highest BCUT2D eigenvalue weighted by atomic mass is 35.5. The number of carbonyl (C=O) groups excluding carboxylic acids is 1. The van der Waals surface area contributed by atoms with Gasteiger partial charge in [-0.15, -0.1) is 12.4 Å². The zero-order valence-corrected chi connectivity index (χ0v) is 12.7. The number of likely N-dealkylation sites (tertiary alicyclic amines) is 1. The van der Waals surface area contributed by atoms with Crippen molar-refractivity contribution < 1.29 is 9.18 Å². The Morgan fingerprint density at radius 1 is 1.50 bits per heavy atom. The molecular formula is C14H19Cl2FN2O. The summed E-state index contributed by atoms with van der Waals surface area (Å²) >= 11 is 5.93. The summed E-state index contributed by atoms with van der Waals surface area (Å²) in [5.41, 5.74) is 5.54. The predicted octanol–water partition coefficient (Wildman–Crippen LogP) is 3.10. The van der Waals surface area contributed by atoms with Gasteiger partial charge in [0.1, 0.15) is 5.82 Å². The van der Waals surface area contributed by atoms with E-state index < -0.39 is 5.82 Å². The second-order valence-corrected chi connectivity index (χ2v) is 5.34. The molecule has 0 saturated carbocycles. The van der Waals surface area contributed by atoms with Gasteiger partial charge in [0.25, 0.3) is 5.91 Å². The number of hydrogen-bond acceptors (Lipinski definition) is 2. The molecule has 1 aromatic rings. The lowest BCUT2D eigenvalue weighted by molar-refractivity contribution is 0.0665. The van der Waals surface area contributed by atoms with E-state index in [2.05, 4.69) is 0 Å². The summed E-state index contributed by atoms with van der Waals surface area (Å²) in [5, 5.41) is 0.172. The number of nitrogens with zero attached hydrogens (tertiary/aromatic N) is 1. The van der Waals surface area contributed by atoms with Crippen molar-refractivity contribution in [1.29, 1.82) is 0 Å². The van der Waals surface area contributed by atoms with Gasteiger partial charge in [0.05, 0.1) is 10.6 Å². The van der Waals surface area contributed by atoms with Crippen LogP contribution < -0.4 is 5.73 Å². The van der Waals surface area contributed by atoms with E-state index in [1.165, 1.54) is 12.1 Å². The van der Waals surface area contributed by atoms with Gasteiger partial charge in [0.2, 0.25) is 0 Å². The number of amides is 1. The predicted molar refractivity (Wildman–Crippen MR) is 81.0 cm³/mol. The summed E-state index contributed by atoms with van der Waals surface area (Å²) in [6.07, 6.45) is 2.91. The van der Waals surface area contributed by atoms with Gasteiger partial charge in [-0.05, 0) is 43.9 Å². The lowest BCUT2D eigenvalue weighted by atomic mass is 9.94. The van der Waals surface area contributed by atoms with Crippen molar-refractivity contribution in [3.8, 4) is 0 Å². The molecule has 1 aromatic carbocycles. The number of nitrogens with two attached hydrogens (primary N) is 1. The van der Waals surface area contributed by atoms with E-state index in [-0.39, 0.29) is 28.9 Å². The van der Waals surface area contributed by atoms with Crippen LogP contribution in [0.5, 0.6) is 0 Å². The van der Waals surface area contributed by atoms with Crippen LogP contribution in [0.15, 0.2) is 18.2 Å². The normalized spacial score (nSPS) is 18.6. The van der Waals surface area contributed by atoms with Gasteiger partial charge >= 0.3 is 0 Å². The Kier molecular flexibility index (Phi) is 6.72. The molecule has 1 aliphatic rings. The van der Waals surface area contributed by atoms with Crippen LogP contribution in [0.25, 0.3) is 0 Å². The highest BCUT2D eigenvalue weighted by Gasteiger charge is 2.27. The molecule has 1 unspecified atom stereocenters. The molecule has 1 fully saturated rings. The van der Waals surface area contributed by atoms with E-state index in [4.69, 9.17) is 17.3 Å². The first-order valence-electron chi connectivity index (χ1n) is 6.57. The van der Waals surface area contributed by atoms with Gasteiger partial charge in [-0.3, -0.25) is 4.79 Å². The van der Waals surface area contributed by atoms with Crippen LogP contribution in [-0.4, -0.2) is 30.4 Å². The monoisotopic (exact) mass is 320 g/mol. The van der Waals surface area contributed by atoms with E-state index in [9.17, 15) is 9.18 Å². The maximum absolute atomic E-state index is 13.7. The van der Waals surface area contributed by atoms with Gasteiger partial charge in [0, 0.05) is 13.1 Å². The minimum atomic E-state index is -0.557. The maximum Gasteiger partial charge on any atom is 0.258 e. The molecule has 0 radical (unpaired) electrons. The first kappa shape index (κ1) is 17.2. The second-order valence-electron chi connectivity index (χ2n) is 4.93. The Labute approximate surface area is 129 Å². The Hall–Kier alpha value is -0.840. The van der Waals surface area contributed by atoms with E-state index in [1.807, 2.05) is 0 Å². The fraction of sp³-hybridized carbons (Fsp3) is 0.500. The van der Waals surface area contributed by atoms with Gasteiger partial charge in [-0.2, -0.15) is 0 Å². The lowest BCUT2D eigenvalue weighted by Crippen LogP contribution is -2.40. The van der Waals surface area contributed by atoms with E-state index in [0.29, 0.717) is 25.6 Å². The summed E-state index contributed by atoms with van der Waals surface area (Å²) in [7, 11) is 0. The standard InChI is InChI=1S/C14H18ClFN2O.ClH/c15-11-4-1-5-12(16)13(11)14(19)18-8-2-3-10(9-18)6-7-17;/h1,4-5,10H,2-3,6-9,17H2;1H. The minimum Gasteiger partial charge on any atom is -0.338 e. The Morgan fingerprint density at radius 3 is 2.90 bits per heavy atom. The van der Waals surface area contributed by atoms with Gasteiger partial charge < -0.3 is 10.6 Å². The number of halogens is 3. The van der Waals surface area contributed by atoms with E-state index >= 15 is 0 Å². The Balaban J connectivity index is 0.00000200. The summed E-state index contributed by atoms with van der Waals surface area (Å²) in [6, 6.07) is 4.31. The van der Waals surface area contributed by atoms with Crippen LogP contribution in [0, 0.1) is 11.7 Å². The zero-order valence-electron chi connectivity index (χ0n) is 11.1. The number of hydrogen-bond donors (Lipinski definition) is 1. The van der Waals surface area contributed by atoms with Crippen molar-refractivity contribution in [2.45, 2.75) is 19.3 Å². The molecule has 0 bridgehead atoms. The van der Waals surface area contributed by atoms with Crippen LogP contribution in [0.3, 0.4) is 0 Å². The molecule has 1 saturated heterocycles. The third kappa shape index (κ3) is 3.84. The third-order valence-electron chi connectivity index (χ3n) is 3.56. The molecule has 0 spiro atoms. The summed E-state index contributed by atoms with van der Waals surface area (Å²) in [4.78, 5) is 14.1. The highest BCUT2D eigenvalue weighted by Crippen LogP contribution is 2.25. The van der Waals surface area contributed by atoms with E-state index in [0.717, 1.165) is 19.3 Å². The smallest absolute Gasteiger partial charge is 0.258 e. The van der Waals surface area contributed by atoms with Gasteiger partial charge in [0.15, 0.2) is 0 Å². The van der Waals surface area contributed by atoms with Crippen molar-refractivity contribution >= 4 is 29.9 Å². The van der Waals surface area contributed by atoms with Crippen LogP contribution in [0.1, 0.15) is 29.6 Å². The third-order valence-corrected chi connectivity index (χ3v) is 3.87. The highest BCUT2D eigenvalue weighted by molar-refractivity contribution is 6.33. The lowest BCUT2D eigenvalue weighted by Gasteiger charge is -2.33. The summed E-state index contributed by atoms with van der Waals surface area (Å²) in [5.74, 6) is -0.462. The molecule has 6 heteroatoms. The average Bonchev–Trinajstić information content (AvgIpc) is 2.39. The average molecular weight is 321 g/mol. The van der Waals surface area contributed by atoms with Crippen LogP contribution in [-0.2, 0) is 0 Å². The molecule has 0 aliphatic carbocycles. The topological polar surface area (TPSA) is 46.3 Å². The molecule has 1 atom stereocenters. The first-order chi connectivity index (χ1) is 9.13. The van der Waals surface area contributed by atoms with E-state index in [1.54, 1.807) is 11.0 Å². The number of carbonyl (C=O) groups is 1. The molecule has 1 aliphatic heterocycles. The van der Waals surface area contributed by atoms with Crippen LogP contribution in [0.4, 0.5) is 4.39 Å². The Bertz CT molecular complexity index is 448. The number of benzene rings is 1. The fourth-order valence-corrected chi connectivity index (χ4v) is 2.82. The first-order valence-corrected chi connectivity index (χ1v) is 6.94. The summed E-state index contributed by atoms with van der Waals surface area (Å²) in [6.45, 7) is 1.92. The SMILES string of the molecule is Cl.NCCC1CCCN(C(=O)c2c(F)cccc2Cl)C1. The minimum absolute atomic E-state index is 0.